The van der Waals surface area contributed by atoms with E-state index < -0.39 is 0 Å². The molecule has 0 saturated heterocycles. The quantitative estimate of drug-likeness (QED) is 0.570. The van der Waals surface area contributed by atoms with Crippen molar-refractivity contribution in [3.63, 3.8) is 0 Å². The van der Waals surface area contributed by atoms with Gasteiger partial charge in [0, 0.05) is 10.9 Å². The molecular formula is C15H22Cl2. The van der Waals surface area contributed by atoms with E-state index in [1.54, 1.807) is 0 Å². The van der Waals surface area contributed by atoms with Gasteiger partial charge in [-0.25, -0.2) is 0 Å². The van der Waals surface area contributed by atoms with Gasteiger partial charge in [-0.05, 0) is 36.3 Å². The molecule has 0 aromatic heterocycles. The SMILES string of the molecule is CCC(CC)CC(CCl)Cc1ccccc1Cl. The fourth-order valence-corrected chi connectivity index (χ4v) is 2.72. The third-order valence-corrected chi connectivity index (χ3v) is 4.31. The number of hydrogen-bond donors (Lipinski definition) is 0. The number of benzene rings is 1. The van der Waals surface area contributed by atoms with Crippen LogP contribution in [-0.4, -0.2) is 5.88 Å². The molecular weight excluding hydrogens is 251 g/mol. The molecule has 0 heterocycles. The first-order valence-corrected chi connectivity index (χ1v) is 7.41. The van der Waals surface area contributed by atoms with Crippen LogP contribution in [0.4, 0.5) is 0 Å². The molecule has 1 rings (SSSR count). The largest absolute Gasteiger partial charge is 0.126 e. The number of alkyl halides is 1. The lowest BCUT2D eigenvalue weighted by Gasteiger charge is -2.20. The molecule has 0 N–H and O–H groups in total. The van der Waals surface area contributed by atoms with Crippen LogP contribution >= 0.6 is 23.2 Å². The minimum absolute atomic E-state index is 0.543. The van der Waals surface area contributed by atoms with E-state index in [1.165, 1.54) is 24.8 Å². The van der Waals surface area contributed by atoms with E-state index >= 15 is 0 Å². The Morgan fingerprint density at radius 3 is 2.24 bits per heavy atom. The Morgan fingerprint density at radius 2 is 1.71 bits per heavy atom. The summed E-state index contributed by atoms with van der Waals surface area (Å²) in [7, 11) is 0. The van der Waals surface area contributed by atoms with Crippen LogP contribution in [0.2, 0.25) is 5.02 Å². The van der Waals surface area contributed by atoms with E-state index in [4.69, 9.17) is 23.2 Å². The Bertz CT molecular complexity index is 318. The first-order valence-electron chi connectivity index (χ1n) is 6.50. The topological polar surface area (TPSA) is 0 Å². The second kappa shape index (κ2) is 8.00. The highest BCUT2D eigenvalue weighted by Crippen LogP contribution is 2.26. The molecule has 1 aromatic rings. The second-order valence-electron chi connectivity index (χ2n) is 4.73. The van der Waals surface area contributed by atoms with Crippen LogP contribution in [0.5, 0.6) is 0 Å². The van der Waals surface area contributed by atoms with Gasteiger partial charge in [0.15, 0.2) is 0 Å². The number of rotatable bonds is 7. The zero-order valence-electron chi connectivity index (χ0n) is 10.8. The summed E-state index contributed by atoms with van der Waals surface area (Å²) in [6, 6.07) is 8.08. The van der Waals surface area contributed by atoms with E-state index in [0.717, 1.165) is 23.2 Å². The van der Waals surface area contributed by atoms with Crippen molar-refractivity contribution in [2.75, 3.05) is 5.88 Å². The van der Waals surface area contributed by atoms with E-state index in [-0.39, 0.29) is 0 Å². The van der Waals surface area contributed by atoms with Crippen LogP contribution in [0.15, 0.2) is 24.3 Å². The first kappa shape index (κ1) is 14.9. The minimum Gasteiger partial charge on any atom is -0.126 e. The van der Waals surface area contributed by atoms with Crippen molar-refractivity contribution in [3.05, 3.63) is 34.9 Å². The maximum atomic E-state index is 6.19. The average Bonchev–Trinajstić information content (AvgIpc) is 2.36. The molecule has 2 heteroatoms. The van der Waals surface area contributed by atoms with Gasteiger partial charge in [-0.15, -0.1) is 11.6 Å². The minimum atomic E-state index is 0.543. The molecule has 0 spiro atoms. The number of halogens is 2. The average molecular weight is 273 g/mol. The molecule has 0 fully saturated rings. The molecule has 0 nitrogen and oxygen atoms in total. The molecule has 17 heavy (non-hydrogen) atoms. The highest BCUT2D eigenvalue weighted by Gasteiger charge is 2.15. The van der Waals surface area contributed by atoms with Crippen molar-refractivity contribution in [2.45, 2.75) is 39.5 Å². The highest BCUT2D eigenvalue weighted by atomic mass is 35.5. The molecule has 0 aliphatic carbocycles. The predicted octanol–water partition coefficient (Wildman–Crippen LogP) is 5.56. The molecule has 0 aliphatic rings. The van der Waals surface area contributed by atoms with Crippen molar-refractivity contribution < 1.29 is 0 Å². The lowest BCUT2D eigenvalue weighted by Crippen LogP contribution is -2.12. The Kier molecular flexibility index (Phi) is 6.99. The fourth-order valence-electron chi connectivity index (χ4n) is 2.27. The van der Waals surface area contributed by atoms with Gasteiger partial charge in [-0.2, -0.15) is 0 Å². The molecule has 1 unspecified atom stereocenters. The van der Waals surface area contributed by atoms with Crippen LogP contribution in [0.25, 0.3) is 0 Å². The molecule has 0 amide bonds. The highest BCUT2D eigenvalue weighted by molar-refractivity contribution is 6.31. The van der Waals surface area contributed by atoms with Gasteiger partial charge >= 0.3 is 0 Å². The normalized spacial score (nSPS) is 13.0. The smallest absolute Gasteiger partial charge is 0.0438 e. The summed E-state index contributed by atoms with van der Waals surface area (Å²) in [5.41, 5.74) is 1.23. The molecule has 0 aliphatic heterocycles. The summed E-state index contributed by atoms with van der Waals surface area (Å²) >= 11 is 12.3. The molecule has 0 bridgehead atoms. The fraction of sp³-hybridized carbons (Fsp3) is 0.600. The van der Waals surface area contributed by atoms with Crippen LogP contribution < -0.4 is 0 Å². The predicted molar refractivity (Wildman–Crippen MR) is 78.1 cm³/mol. The van der Waals surface area contributed by atoms with E-state index in [1.807, 2.05) is 18.2 Å². The van der Waals surface area contributed by atoms with Crippen LogP contribution in [0.3, 0.4) is 0 Å². The van der Waals surface area contributed by atoms with Crippen LogP contribution in [-0.2, 0) is 6.42 Å². The van der Waals surface area contributed by atoms with Crippen molar-refractivity contribution in [3.8, 4) is 0 Å². The zero-order chi connectivity index (χ0) is 12.7. The Morgan fingerprint density at radius 1 is 1.06 bits per heavy atom. The Labute approximate surface area is 115 Å². The van der Waals surface area contributed by atoms with Gasteiger partial charge in [0.2, 0.25) is 0 Å². The van der Waals surface area contributed by atoms with Crippen molar-refractivity contribution in [1.29, 1.82) is 0 Å². The summed E-state index contributed by atoms with van der Waals surface area (Å²) < 4.78 is 0. The second-order valence-corrected chi connectivity index (χ2v) is 5.45. The monoisotopic (exact) mass is 272 g/mol. The van der Waals surface area contributed by atoms with Gasteiger partial charge < -0.3 is 0 Å². The van der Waals surface area contributed by atoms with Crippen molar-refractivity contribution >= 4 is 23.2 Å². The summed E-state index contributed by atoms with van der Waals surface area (Å²) in [6.07, 6.45) is 4.69. The summed E-state index contributed by atoms with van der Waals surface area (Å²) in [5, 5.41) is 0.868. The van der Waals surface area contributed by atoms with Crippen molar-refractivity contribution in [2.24, 2.45) is 11.8 Å². The molecule has 0 saturated carbocycles. The van der Waals surface area contributed by atoms with Crippen LogP contribution in [0, 0.1) is 11.8 Å². The van der Waals surface area contributed by atoms with Gasteiger partial charge in [0.25, 0.3) is 0 Å². The van der Waals surface area contributed by atoms with Crippen LogP contribution in [0.1, 0.15) is 38.7 Å². The van der Waals surface area contributed by atoms with E-state index in [2.05, 4.69) is 19.9 Å². The van der Waals surface area contributed by atoms with Gasteiger partial charge in [-0.3, -0.25) is 0 Å². The first-order chi connectivity index (χ1) is 8.21. The lowest BCUT2D eigenvalue weighted by molar-refractivity contribution is 0.372. The van der Waals surface area contributed by atoms with Gasteiger partial charge in [0.1, 0.15) is 0 Å². The summed E-state index contributed by atoms with van der Waals surface area (Å²) in [5.74, 6) is 2.06. The van der Waals surface area contributed by atoms with Gasteiger partial charge in [0.05, 0.1) is 0 Å². The lowest BCUT2D eigenvalue weighted by atomic mass is 9.88. The molecule has 96 valence electrons. The van der Waals surface area contributed by atoms with Crippen molar-refractivity contribution in [1.82, 2.24) is 0 Å². The summed E-state index contributed by atoms with van der Waals surface area (Å²) in [6.45, 7) is 4.52. The third kappa shape index (κ3) is 4.89. The summed E-state index contributed by atoms with van der Waals surface area (Å²) in [4.78, 5) is 0. The standard InChI is InChI=1S/C15H22Cl2/c1-3-12(4-2)9-13(11-16)10-14-7-5-6-8-15(14)17/h5-8,12-13H,3-4,9-11H2,1-2H3. The maximum absolute atomic E-state index is 6.19. The molecule has 1 atom stereocenters. The van der Waals surface area contributed by atoms with Gasteiger partial charge in [-0.1, -0.05) is 56.5 Å². The molecule has 0 radical (unpaired) electrons. The van der Waals surface area contributed by atoms with E-state index in [9.17, 15) is 0 Å². The number of hydrogen-bond acceptors (Lipinski definition) is 0. The third-order valence-electron chi connectivity index (χ3n) is 3.51. The Hall–Kier alpha value is -0.200. The maximum Gasteiger partial charge on any atom is 0.0438 e. The zero-order valence-corrected chi connectivity index (χ0v) is 12.3. The Balaban J connectivity index is 2.61. The molecule has 1 aromatic carbocycles. The van der Waals surface area contributed by atoms with E-state index in [0.29, 0.717) is 5.92 Å².